The average Bonchev–Trinajstić information content (AvgIpc) is 3.41. The van der Waals surface area contributed by atoms with E-state index >= 15 is 0 Å². The van der Waals surface area contributed by atoms with Crippen molar-refractivity contribution in [2.75, 3.05) is 20.7 Å². The summed E-state index contributed by atoms with van der Waals surface area (Å²) in [7, 11) is 3.32. The minimum absolute atomic E-state index is 0.167. The highest BCUT2D eigenvalue weighted by molar-refractivity contribution is 7.10. The van der Waals surface area contributed by atoms with Gasteiger partial charge >= 0.3 is 5.97 Å². The Hall–Kier alpha value is -2.93. The standard InChI is InChI=1S/C25H29NO9S/c1-26-11-10-16(18-7-4-12-36-18)33-15-6-3-5-14-13(15)8-9-17(32-2)22(14)34-25-21(29)19(27)20(28)23(35-25)24(30)31/h3-9,12,16,19-21,23,25-29H,10-11H2,1-2H3,(H,30,31)/t16-,19-,20-,21+,23-,25?/m0/s1. The molecule has 0 saturated carbocycles. The summed E-state index contributed by atoms with van der Waals surface area (Å²) in [6, 6.07) is 12.9. The third-order valence-electron chi connectivity index (χ3n) is 5.99. The van der Waals surface area contributed by atoms with Gasteiger partial charge in [-0.15, -0.1) is 11.3 Å². The van der Waals surface area contributed by atoms with Gasteiger partial charge in [0.2, 0.25) is 6.29 Å². The number of rotatable bonds is 10. The van der Waals surface area contributed by atoms with Gasteiger partial charge in [-0.2, -0.15) is 0 Å². The van der Waals surface area contributed by atoms with Crippen molar-refractivity contribution in [3.63, 3.8) is 0 Å². The van der Waals surface area contributed by atoms with Gasteiger partial charge in [0.05, 0.1) is 7.11 Å². The summed E-state index contributed by atoms with van der Waals surface area (Å²) in [5, 5.41) is 46.4. The zero-order chi connectivity index (χ0) is 25.8. The van der Waals surface area contributed by atoms with Crippen molar-refractivity contribution in [3.8, 4) is 17.2 Å². The summed E-state index contributed by atoms with van der Waals surface area (Å²) in [5.41, 5.74) is 0. The van der Waals surface area contributed by atoms with Crippen LogP contribution in [0.25, 0.3) is 10.8 Å². The van der Waals surface area contributed by atoms with Crippen molar-refractivity contribution in [2.24, 2.45) is 0 Å². The monoisotopic (exact) mass is 519 g/mol. The summed E-state index contributed by atoms with van der Waals surface area (Å²) in [4.78, 5) is 12.6. The second kappa shape index (κ2) is 11.4. The fourth-order valence-electron chi connectivity index (χ4n) is 4.09. The molecule has 1 unspecified atom stereocenters. The average molecular weight is 520 g/mol. The number of methoxy groups -OCH3 is 1. The number of carboxylic acid groups (broad SMARTS) is 1. The fraction of sp³-hybridized carbons (Fsp3) is 0.400. The Kier molecular flexibility index (Phi) is 8.29. The molecule has 10 nitrogen and oxygen atoms in total. The van der Waals surface area contributed by atoms with Gasteiger partial charge in [-0.05, 0) is 43.2 Å². The molecule has 1 aromatic heterocycles. The van der Waals surface area contributed by atoms with E-state index in [1.165, 1.54) is 7.11 Å². The molecule has 0 amide bonds. The maximum absolute atomic E-state index is 11.5. The number of nitrogens with one attached hydrogen (secondary N) is 1. The van der Waals surface area contributed by atoms with E-state index in [0.29, 0.717) is 22.3 Å². The molecule has 0 spiro atoms. The van der Waals surface area contributed by atoms with Crippen LogP contribution >= 0.6 is 11.3 Å². The van der Waals surface area contributed by atoms with Crippen molar-refractivity contribution in [1.82, 2.24) is 5.32 Å². The van der Waals surface area contributed by atoms with Crippen LogP contribution in [0, 0.1) is 0 Å². The first-order valence-electron chi connectivity index (χ1n) is 11.4. The first kappa shape index (κ1) is 26.1. The Morgan fingerprint density at radius 3 is 2.53 bits per heavy atom. The number of aliphatic hydroxyl groups excluding tert-OH is 3. The molecule has 5 N–H and O–H groups in total. The Morgan fingerprint density at radius 1 is 1.06 bits per heavy atom. The molecule has 2 aromatic carbocycles. The van der Waals surface area contributed by atoms with Gasteiger partial charge in [0.1, 0.15) is 30.2 Å². The van der Waals surface area contributed by atoms with Crippen LogP contribution in [0.5, 0.6) is 17.2 Å². The van der Waals surface area contributed by atoms with Crippen LogP contribution in [0.2, 0.25) is 0 Å². The van der Waals surface area contributed by atoms with Crippen molar-refractivity contribution < 1.29 is 44.2 Å². The third-order valence-corrected chi connectivity index (χ3v) is 6.95. The number of ether oxygens (including phenoxy) is 4. The zero-order valence-corrected chi connectivity index (χ0v) is 20.6. The maximum Gasteiger partial charge on any atom is 0.335 e. The molecule has 1 saturated heterocycles. The summed E-state index contributed by atoms with van der Waals surface area (Å²) < 4.78 is 23.1. The Balaban J connectivity index is 1.70. The van der Waals surface area contributed by atoms with Gasteiger partial charge < -0.3 is 44.7 Å². The minimum Gasteiger partial charge on any atom is -0.493 e. The number of hydrogen-bond donors (Lipinski definition) is 5. The van der Waals surface area contributed by atoms with Gasteiger partial charge in [0.25, 0.3) is 0 Å². The molecule has 0 aliphatic carbocycles. The van der Waals surface area contributed by atoms with Crippen LogP contribution in [-0.4, -0.2) is 77.8 Å². The maximum atomic E-state index is 11.5. The number of aliphatic hydroxyl groups is 3. The highest BCUT2D eigenvalue weighted by atomic mass is 32.1. The zero-order valence-electron chi connectivity index (χ0n) is 19.7. The van der Waals surface area contributed by atoms with Crippen molar-refractivity contribution in [3.05, 3.63) is 52.7 Å². The van der Waals surface area contributed by atoms with E-state index in [2.05, 4.69) is 5.32 Å². The molecule has 0 radical (unpaired) electrons. The number of fused-ring (bicyclic) bond motifs is 1. The molecule has 1 aliphatic rings. The molecule has 3 aromatic rings. The van der Waals surface area contributed by atoms with Crippen molar-refractivity contribution in [2.45, 2.75) is 43.2 Å². The van der Waals surface area contributed by atoms with Gasteiger partial charge in [-0.1, -0.05) is 18.2 Å². The molecule has 1 aliphatic heterocycles. The van der Waals surface area contributed by atoms with Crippen LogP contribution in [0.15, 0.2) is 47.8 Å². The van der Waals surface area contributed by atoms with Crippen LogP contribution in [-0.2, 0) is 9.53 Å². The topological polar surface area (TPSA) is 147 Å². The first-order chi connectivity index (χ1) is 17.3. The predicted octanol–water partition coefficient (Wildman–Crippen LogP) is 1.91. The Labute approximate surface area is 211 Å². The summed E-state index contributed by atoms with van der Waals surface area (Å²) in [6.45, 7) is 0.755. The van der Waals surface area contributed by atoms with Crippen LogP contribution in [0.3, 0.4) is 0 Å². The second-order valence-electron chi connectivity index (χ2n) is 8.32. The van der Waals surface area contributed by atoms with Crippen molar-refractivity contribution in [1.29, 1.82) is 0 Å². The van der Waals surface area contributed by atoms with Gasteiger partial charge in [0, 0.05) is 22.1 Å². The molecule has 1 fully saturated rings. The van der Waals surface area contributed by atoms with Crippen LogP contribution in [0.1, 0.15) is 17.4 Å². The molecule has 6 atom stereocenters. The number of hydrogen-bond acceptors (Lipinski definition) is 10. The Bertz CT molecular complexity index is 1170. The lowest BCUT2D eigenvalue weighted by molar-refractivity contribution is -0.271. The quantitative estimate of drug-likeness (QED) is 0.269. The second-order valence-corrected chi connectivity index (χ2v) is 9.29. The molecule has 11 heteroatoms. The summed E-state index contributed by atoms with van der Waals surface area (Å²) in [5.74, 6) is -0.435. The highest BCUT2D eigenvalue weighted by Crippen LogP contribution is 2.42. The van der Waals surface area contributed by atoms with Crippen molar-refractivity contribution >= 4 is 28.1 Å². The van der Waals surface area contributed by atoms with Gasteiger partial charge in [0.15, 0.2) is 17.6 Å². The van der Waals surface area contributed by atoms with Crippen LogP contribution in [0.4, 0.5) is 0 Å². The van der Waals surface area contributed by atoms with E-state index in [1.54, 1.807) is 29.5 Å². The van der Waals surface area contributed by atoms with Gasteiger partial charge in [-0.25, -0.2) is 4.79 Å². The first-order valence-corrected chi connectivity index (χ1v) is 12.3. The van der Waals surface area contributed by atoms with E-state index in [-0.39, 0.29) is 11.9 Å². The molecule has 4 rings (SSSR count). The smallest absolute Gasteiger partial charge is 0.335 e. The van der Waals surface area contributed by atoms with E-state index < -0.39 is 36.7 Å². The van der Waals surface area contributed by atoms with E-state index in [9.17, 15) is 25.2 Å². The normalized spacial score (nSPS) is 24.9. The Morgan fingerprint density at radius 2 is 1.86 bits per heavy atom. The third kappa shape index (κ3) is 5.26. The lowest BCUT2D eigenvalue weighted by Crippen LogP contribution is -2.61. The number of benzene rings is 2. The van der Waals surface area contributed by atoms with E-state index in [4.69, 9.17) is 18.9 Å². The predicted molar refractivity (Wildman–Crippen MR) is 132 cm³/mol. The lowest BCUT2D eigenvalue weighted by Gasteiger charge is -2.38. The molecule has 36 heavy (non-hydrogen) atoms. The summed E-state index contributed by atoms with van der Waals surface area (Å²) in [6.07, 6.45) is -8.13. The summed E-state index contributed by atoms with van der Waals surface area (Å²) >= 11 is 1.61. The molecule has 0 bridgehead atoms. The number of carboxylic acids is 1. The number of aliphatic carboxylic acids is 1. The lowest BCUT2D eigenvalue weighted by atomic mass is 9.99. The molecular formula is C25H29NO9S. The SMILES string of the molecule is CNCC[C@H](Oc1cccc2c(OC3O[C@H](C(=O)O)[C@@H](O)[C@H](O)[C@H]3O)c(OC)ccc12)c1cccs1. The molecule has 2 heterocycles. The van der Waals surface area contributed by atoms with E-state index in [1.807, 2.05) is 36.7 Å². The minimum atomic E-state index is -1.82. The van der Waals surface area contributed by atoms with E-state index in [0.717, 1.165) is 17.8 Å². The van der Waals surface area contributed by atoms with Crippen LogP contribution < -0.4 is 19.5 Å². The number of carbonyl (C=O) groups is 1. The largest absolute Gasteiger partial charge is 0.493 e. The number of thiophene rings is 1. The highest BCUT2D eigenvalue weighted by Gasteiger charge is 2.48. The fourth-order valence-corrected chi connectivity index (χ4v) is 4.88. The van der Waals surface area contributed by atoms with Gasteiger partial charge in [-0.3, -0.25) is 0 Å². The molecular weight excluding hydrogens is 490 g/mol. The molecule has 194 valence electrons.